The van der Waals surface area contributed by atoms with Crippen LogP contribution in [0.3, 0.4) is 0 Å². The molecule has 0 unspecified atom stereocenters. The molecule has 1 heterocycles. The Bertz CT molecular complexity index is 1070. The third-order valence-corrected chi connectivity index (χ3v) is 4.21. The highest BCUT2D eigenvalue weighted by atomic mass is 35.5. The molecule has 0 radical (unpaired) electrons. The predicted octanol–water partition coefficient (Wildman–Crippen LogP) is 5.98. The molecule has 148 valence electrons. The molecular formula is C21H15Cl2FN2O3. The number of hydrogen-bond donors (Lipinski definition) is 1. The van der Waals surface area contributed by atoms with E-state index in [0.29, 0.717) is 22.0 Å². The highest BCUT2D eigenvalue weighted by Gasteiger charge is 2.11. The molecule has 0 aliphatic carbocycles. The lowest BCUT2D eigenvalue weighted by Crippen LogP contribution is -2.08. The third-order valence-electron chi connectivity index (χ3n) is 3.73. The number of benzene rings is 2. The molecule has 1 aromatic heterocycles. The van der Waals surface area contributed by atoms with Gasteiger partial charge in [-0.3, -0.25) is 4.79 Å². The number of methoxy groups -OCH3 is 1. The van der Waals surface area contributed by atoms with E-state index < -0.39 is 11.7 Å². The van der Waals surface area contributed by atoms with E-state index in [0.717, 1.165) is 0 Å². The van der Waals surface area contributed by atoms with E-state index in [1.165, 1.54) is 43.7 Å². The number of carbonyl (C=O) groups excluding carboxylic acids is 1. The second-order valence-electron chi connectivity index (χ2n) is 5.76. The van der Waals surface area contributed by atoms with Crippen molar-refractivity contribution in [2.75, 3.05) is 12.4 Å². The normalized spacial score (nSPS) is 10.8. The van der Waals surface area contributed by atoms with Gasteiger partial charge in [-0.05, 0) is 42.0 Å². The number of pyridine rings is 1. The average molecular weight is 433 g/mol. The summed E-state index contributed by atoms with van der Waals surface area (Å²) in [4.78, 5) is 16.3. The topological polar surface area (TPSA) is 60.5 Å². The van der Waals surface area contributed by atoms with Crippen molar-refractivity contribution in [3.05, 3.63) is 82.2 Å². The van der Waals surface area contributed by atoms with E-state index >= 15 is 0 Å². The van der Waals surface area contributed by atoms with E-state index in [1.54, 1.807) is 30.3 Å². The van der Waals surface area contributed by atoms with Crippen molar-refractivity contribution >= 4 is 40.9 Å². The van der Waals surface area contributed by atoms with Crippen molar-refractivity contribution in [1.82, 2.24) is 4.98 Å². The molecule has 8 heteroatoms. The molecule has 0 aliphatic rings. The summed E-state index contributed by atoms with van der Waals surface area (Å²) in [7, 11) is 1.38. The first-order valence-corrected chi connectivity index (χ1v) is 9.12. The summed E-state index contributed by atoms with van der Waals surface area (Å²) in [5.41, 5.74) is 0.927. The summed E-state index contributed by atoms with van der Waals surface area (Å²) in [6, 6.07) is 12.7. The Labute approximate surface area is 176 Å². The molecule has 2 aromatic carbocycles. The first-order chi connectivity index (χ1) is 14.0. The number of para-hydroxylation sites is 2. The van der Waals surface area contributed by atoms with Crippen LogP contribution >= 0.6 is 23.2 Å². The average Bonchev–Trinajstić information content (AvgIpc) is 2.70. The van der Waals surface area contributed by atoms with E-state index in [-0.39, 0.29) is 16.7 Å². The molecule has 0 aliphatic heterocycles. The summed E-state index contributed by atoms with van der Waals surface area (Å²) in [5.74, 6) is -0.302. The number of aromatic nitrogens is 1. The Morgan fingerprint density at radius 1 is 1.14 bits per heavy atom. The van der Waals surface area contributed by atoms with E-state index in [2.05, 4.69) is 10.3 Å². The Hall–Kier alpha value is -3.09. The first kappa shape index (κ1) is 20.6. The van der Waals surface area contributed by atoms with Crippen LogP contribution in [0.4, 0.5) is 10.1 Å². The monoisotopic (exact) mass is 432 g/mol. The third kappa shape index (κ3) is 5.47. The lowest BCUT2D eigenvalue weighted by atomic mass is 10.2. The van der Waals surface area contributed by atoms with Gasteiger partial charge in [0.15, 0.2) is 17.3 Å². The molecule has 1 amide bonds. The van der Waals surface area contributed by atoms with Crippen LogP contribution in [0.25, 0.3) is 6.08 Å². The smallest absolute Gasteiger partial charge is 0.248 e. The summed E-state index contributed by atoms with van der Waals surface area (Å²) in [6.07, 6.45) is 4.17. The number of halogens is 3. The zero-order valence-corrected chi connectivity index (χ0v) is 16.7. The number of carbonyl (C=O) groups is 1. The van der Waals surface area contributed by atoms with Gasteiger partial charge in [0.25, 0.3) is 0 Å². The van der Waals surface area contributed by atoms with Gasteiger partial charge in [-0.15, -0.1) is 0 Å². The Kier molecular flexibility index (Phi) is 6.69. The van der Waals surface area contributed by atoms with Crippen LogP contribution < -0.4 is 14.8 Å². The molecule has 0 saturated carbocycles. The summed E-state index contributed by atoms with van der Waals surface area (Å²) in [5, 5.41) is 3.32. The number of rotatable bonds is 6. The van der Waals surface area contributed by atoms with Crippen LogP contribution in [0.15, 0.2) is 60.8 Å². The number of hydrogen-bond acceptors (Lipinski definition) is 4. The second-order valence-corrected chi connectivity index (χ2v) is 6.60. The minimum atomic E-state index is -0.513. The Morgan fingerprint density at radius 2 is 1.93 bits per heavy atom. The van der Waals surface area contributed by atoms with Gasteiger partial charge in [0.1, 0.15) is 5.02 Å². The molecule has 1 N–H and O–H groups in total. The van der Waals surface area contributed by atoms with Gasteiger partial charge in [0.2, 0.25) is 11.8 Å². The van der Waals surface area contributed by atoms with Crippen LogP contribution in [0, 0.1) is 5.82 Å². The van der Waals surface area contributed by atoms with E-state index in [1.807, 2.05) is 0 Å². The fourth-order valence-corrected chi connectivity index (χ4v) is 2.79. The molecule has 3 aromatic rings. The minimum Gasteiger partial charge on any atom is -0.494 e. The fourth-order valence-electron chi connectivity index (χ4n) is 2.37. The van der Waals surface area contributed by atoms with Crippen LogP contribution in [0.5, 0.6) is 17.4 Å². The SMILES string of the molecule is COc1ccc(/C=C/C(=O)Nc2ccccc2Oc2ncc(Cl)cc2Cl)cc1F. The molecule has 0 spiro atoms. The highest BCUT2D eigenvalue weighted by molar-refractivity contribution is 6.35. The lowest BCUT2D eigenvalue weighted by Gasteiger charge is -2.11. The Balaban J connectivity index is 1.73. The number of anilines is 1. The van der Waals surface area contributed by atoms with Gasteiger partial charge >= 0.3 is 0 Å². The molecule has 29 heavy (non-hydrogen) atoms. The van der Waals surface area contributed by atoms with Gasteiger partial charge in [-0.25, -0.2) is 9.37 Å². The van der Waals surface area contributed by atoms with Gasteiger partial charge < -0.3 is 14.8 Å². The van der Waals surface area contributed by atoms with Crippen LogP contribution in [0.1, 0.15) is 5.56 Å². The Morgan fingerprint density at radius 3 is 2.66 bits per heavy atom. The maximum Gasteiger partial charge on any atom is 0.248 e. The zero-order chi connectivity index (χ0) is 20.8. The van der Waals surface area contributed by atoms with E-state index in [4.69, 9.17) is 32.7 Å². The molecule has 0 bridgehead atoms. The van der Waals surface area contributed by atoms with Crippen molar-refractivity contribution in [2.45, 2.75) is 0 Å². The summed E-state index contributed by atoms with van der Waals surface area (Å²) >= 11 is 11.9. The summed E-state index contributed by atoms with van der Waals surface area (Å²) < 4.78 is 24.3. The first-order valence-electron chi connectivity index (χ1n) is 8.37. The van der Waals surface area contributed by atoms with Crippen molar-refractivity contribution in [2.24, 2.45) is 0 Å². The lowest BCUT2D eigenvalue weighted by molar-refractivity contribution is -0.111. The van der Waals surface area contributed by atoms with Crippen LogP contribution in [-0.4, -0.2) is 18.0 Å². The van der Waals surface area contributed by atoms with Gasteiger partial charge in [-0.2, -0.15) is 0 Å². The molecule has 5 nitrogen and oxygen atoms in total. The second kappa shape index (κ2) is 9.41. The van der Waals surface area contributed by atoms with E-state index in [9.17, 15) is 9.18 Å². The molecule has 3 rings (SSSR count). The molecule has 0 atom stereocenters. The maximum atomic E-state index is 13.7. The number of amides is 1. The molecular weight excluding hydrogens is 418 g/mol. The van der Waals surface area contributed by atoms with Crippen LogP contribution in [0.2, 0.25) is 10.0 Å². The largest absolute Gasteiger partial charge is 0.494 e. The van der Waals surface area contributed by atoms with Gasteiger partial charge in [0, 0.05) is 12.3 Å². The van der Waals surface area contributed by atoms with Crippen molar-refractivity contribution < 1.29 is 18.7 Å². The maximum absolute atomic E-state index is 13.7. The molecule has 0 saturated heterocycles. The molecule has 0 fully saturated rings. The number of ether oxygens (including phenoxy) is 2. The number of nitrogens with zero attached hydrogens (tertiary/aromatic N) is 1. The van der Waals surface area contributed by atoms with Gasteiger partial charge in [-0.1, -0.05) is 41.4 Å². The van der Waals surface area contributed by atoms with Crippen molar-refractivity contribution in [3.8, 4) is 17.4 Å². The predicted molar refractivity (Wildman–Crippen MR) is 111 cm³/mol. The van der Waals surface area contributed by atoms with Crippen molar-refractivity contribution in [3.63, 3.8) is 0 Å². The summed E-state index contributed by atoms with van der Waals surface area (Å²) in [6.45, 7) is 0. The fraction of sp³-hybridized carbons (Fsp3) is 0.0476. The highest BCUT2D eigenvalue weighted by Crippen LogP contribution is 2.33. The quantitative estimate of drug-likeness (QED) is 0.486. The van der Waals surface area contributed by atoms with Crippen molar-refractivity contribution in [1.29, 1.82) is 0 Å². The standard InChI is InChI=1S/C21H15Cl2FN2O3/c1-28-18-8-6-13(10-16(18)24)7-9-20(27)26-17-4-2-3-5-19(17)29-21-15(23)11-14(22)12-25-21/h2-12H,1H3,(H,26,27)/b9-7+. The minimum absolute atomic E-state index is 0.132. The van der Waals surface area contributed by atoms with Gasteiger partial charge in [0.05, 0.1) is 17.8 Å². The number of nitrogens with one attached hydrogen (secondary N) is 1. The van der Waals surface area contributed by atoms with Crippen LogP contribution in [-0.2, 0) is 4.79 Å². The zero-order valence-electron chi connectivity index (χ0n) is 15.2.